The van der Waals surface area contributed by atoms with Gasteiger partial charge in [0, 0.05) is 17.7 Å². The summed E-state index contributed by atoms with van der Waals surface area (Å²) in [6.07, 6.45) is 2.40. The van der Waals surface area contributed by atoms with Crippen molar-refractivity contribution < 1.29 is 9.84 Å². The van der Waals surface area contributed by atoms with Crippen LogP contribution in [0.25, 0.3) is 0 Å². The van der Waals surface area contributed by atoms with Gasteiger partial charge in [-0.1, -0.05) is 18.5 Å². The van der Waals surface area contributed by atoms with Gasteiger partial charge in [0.2, 0.25) is 0 Å². The summed E-state index contributed by atoms with van der Waals surface area (Å²) >= 11 is 5.83. The van der Waals surface area contributed by atoms with Gasteiger partial charge in [-0.2, -0.15) is 5.10 Å². The Kier molecular flexibility index (Phi) is 5.55. The van der Waals surface area contributed by atoms with Gasteiger partial charge in [0.05, 0.1) is 12.8 Å². The third kappa shape index (κ3) is 4.60. The van der Waals surface area contributed by atoms with Gasteiger partial charge in [-0.25, -0.2) is 9.97 Å². The van der Waals surface area contributed by atoms with Crippen LogP contribution >= 0.6 is 11.6 Å². The average molecular weight is 321 g/mol. The molecule has 0 spiro atoms. The molecule has 0 aliphatic rings. The molecule has 6 nitrogen and oxygen atoms in total. The molecule has 0 aliphatic heterocycles. The van der Waals surface area contributed by atoms with Gasteiger partial charge in [0.25, 0.3) is 0 Å². The number of aromatic hydroxyl groups is 1. The van der Waals surface area contributed by atoms with E-state index in [0.717, 1.165) is 6.42 Å². The van der Waals surface area contributed by atoms with Crippen LogP contribution in [0.1, 0.15) is 24.7 Å². The number of ether oxygens (including phenoxy) is 1. The Morgan fingerprint density at radius 2 is 2.18 bits per heavy atom. The average Bonchev–Trinajstić information content (AvgIpc) is 2.46. The van der Waals surface area contributed by atoms with Crippen molar-refractivity contribution in [2.24, 2.45) is 5.10 Å². The Balaban J connectivity index is 2.03. The lowest BCUT2D eigenvalue weighted by Crippen LogP contribution is -1.98. The molecule has 0 unspecified atom stereocenters. The number of aryl methyl sites for hydroxylation is 1. The lowest BCUT2D eigenvalue weighted by atomic mass is 10.2. The summed E-state index contributed by atoms with van der Waals surface area (Å²) in [5, 5.41) is 14.3. The van der Waals surface area contributed by atoms with Gasteiger partial charge in [0.15, 0.2) is 5.82 Å². The summed E-state index contributed by atoms with van der Waals surface area (Å²) < 4.78 is 5.44. The van der Waals surface area contributed by atoms with Crippen LogP contribution in [-0.2, 0) is 0 Å². The van der Waals surface area contributed by atoms with Crippen LogP contribution in [0.3, 0.4) is 0 Å². The van der Waals surface area contributed by atoms with Gasteiger partial charge in [-0.3, -0.25) is 5.43 Å². The second kappa shape index (κ2) is 7.61. The Labute approximate surface area is 133 Å². The zero-order valence-electron chi connectivity index (χ0n) is 12.4. The van der Waals surface area contributed by atoms with Gasteiger partial charge < -0.3 is 9.84 Å². The summed E-state index contributed by atoms with van der Waals surface area (Å²) in [5.74, 6) is 1.75. The Bertz CT molecular complexity index is 656. The molecular weight excluding hydrogens is 304 g/mol. The van der Waals surface area contributed by atoms with Crippen molar-refractivity contribution in [1.82, 2.24) is 9.97 Å². The van der Waals surface area contributed by atoms with Crippen molar-refractivity contribution in [3.63, 3.8) is 0 Å². The molecule has 0 amide bonds. The number of hydrogen-bond donors (Lipinski definition) is 2. The summed E-state index contributed by atoms with van der Waals surface area (Å²) in [6.45, 7) is 4.37. The first kappa shape index (κ1) is 16.0. The standard InChI is InChI=1S/C15H17ClN4O2/c1-3-6-22-12-5-4-11(13(21)7-12)9-17-20-15-8-14(16)18-10(2)19-15/h4-5,7-9,21H,3,6H2,1-2H3,(H,18,19,20)/b17-9-. The molecule has 1 aromatic carbocycles. The first-order valence-electron chi connectivity index (χ1n) is 6.84. The van der Waals surface area contributed by atoms with Crippen molar-refractivity contribution in [1.29, 1.82) is 0 Å². The highest BCUT2D eigenvalue weighted by atomic mass is 35.5. The molecule has 0 aliphatic carbocycles. The van der Waals surface area contributed by atoms with Crippen LogP contribution in [0.4, 0.5) is 5.82 Å². The molecule has 116 valence electrons. The maximum absolute atomic E-state index is 9.93. The van der Waals surface area contributed by atoms with E-state index in [-0.39, 0.29) is 5.75 Å². The number of phenols is 1. The number of nitrogens with one attached hydrogen (secondary N) is 1. The minimum atomic E-state index is 0.0936. The summed E-state index contributed by atoms with van der Waals surface area (Å²) in [5.41, 5.74) is 3.31. The van der Waals surface area contributed by atoms with Crippen LogP contribution in [0.2, 0.25) is 5.15 Å². The van der Waals surface area contributed by atoms with Crippen LogP contribution in [-0.4, -0.2) is 27.9 Å². The predicted molar refractivity (Wildman–Crippen MR) is 86.9 cm³/mol. The van der Waals surface area contributed by atoms with E-state index in [9.17, 15) is 5.11 Å². The molecule has 2 rings (SSSR count). The highest BCUT2D eigenvalue weighted by Crippen LogP contribution is 2.22. The summed E-state index contributed by atoms with van der Waals surface area (Å²) in [4.78, 5) is 8.09. The van der Waals surface area contributed by atoms with Crippen LogP contribution in [0.5, 0.6) is 11.5 Å². The molecule has 2 N–H and O–H groups in total. The molecule has 0 radical (unpaired) electrons. The first-order valence-corrected chi connectivity index (χ1v) is 7.22. The fourth-order valence-corrected chi connectivity index (χ4v) is 1.92. The highest BCUT2D eigenvalue weighted by molar-refractivity contribution is 6.29. The molecule has 1 heterocycles. The lowest BCUT2D eigenvalue weighted by molar-refractivity contribution is 0.315. The summed E-state index contributed by atoms with van der Waals surface area (Å²) in [6, 6.07) is 6.63. The minimum absolute atomic E-state index is 0.0936. The van der Waals surface area contributed by atoms with Crippen molar-refractivity contribution in [3.05, 3.63) is 40.8 Å². The molecule has 7 heteroatoms. The fourth-order valence-electron chi connectivity index (χ4n) is 1.70. The van der Waals surface area contributed by atoms with E-state index < -0.39 is 0 Å². The fraction of sp³-hybridized carbons (Fsp3) is 0.267. The van der Waals surface area contributed by atoms with E-state index in [4.69, 9.17) is 16.3 Å². The van der Waals surface area contributed by atoms with Gasteiger partial charge in [-0.05, 0) is 25.5 Å². The Hall–Kier alpha value is -2.34. The monoisotopic (exact) mass is 320 g/mol. The van der Waals surface area contributed by atoms with Crippen molar-refractivity contribution in [3.8, 4) is 11.5 Å². The maximum atomic E-state index is 9.93. The minimum Gasteiger partial charge on any atom is -0.507 e. The number of aromatic nitrogens is 2. The number of benzene rings is 1. The normalized spacial score (nSPS) is 10.9. The second-order valence-corrected chi connectivity index (χ2v) is 4.95. The molecule has 0 bridgehead atoms. The molecule has 0 saturated carbocycles. The second-order valence-electron chi connectivity index (χ2n) is 4.56. The third-order valence-electron chi connectivity index (χ3n) is 2.66. The van der Waals surface area contributed by atoms with E-state index in [1.165, 1.54) is 6.21 Å². The van der Waals surface area contributed by atoms with Crippen LogP contribution in [0, 0.1) is 6.92 Å². The Morgan fingerprint density at radius 3 is 2.86 bits per heavy atom. The first-order chi connectivity index (χ1) is 10.6. The topological polar surface area (TPSA) is 79.6 Å². The van der Waals surface area contributed by atoms with Gasteiger partial charge in [-0.15, -0.1) is 0 Å². The number of nitrogens with zero attached hydrogens (tertiary/aromatic N) is 3. The van der Waals surface area contributed by atoms with E-state index >= 15 is 0 Å². The molecular formula is C15H17ClN4O2. The van der Waals surface area contributed by atoms with Crippen molar-refractivity contribution in [2.45, 2.75) is 20.3 Å². The van der Waals surface area contributed by atoms with Crippen LogP contribution < -0.4 is 10.2 Å². The van der Waals surface area contributed by atoms with E-state index in [1.54, 1.807) is 31.2 Å². The smallest absolute Gasteiger partial charge is 0.151 e. The molecule has 0 saturated heterocycles. The predicted octanol–water partition coefficient (Wildman–Crippen LogP) is 3.38. The molecule has 0 fully saturated rings. The number of halogens is 1. The van der Waals surface area contributed by atoms with Crippen LogP contribution in [0.15, 0.2) is 29.4 Å². The van der Waals surface area contributed by atoms with E-state index in [1.807, 2.05) is 6.92 Å². The summed E-state index contributed by atoms with van der Waals surface area (Å²) in [7, 11) is 0. The van der Waals surface area contributed by atoms with E-state index in [2.05, 4.69) is 20.5 Å². The highest BCUT2D eigenvalue weighted by Gasteiger charge is 2.02. The number of anilines is 1. The maximum Gasteiger partial charge on any atom is 0.151 e. The number of phenolic OH excluding ortho intramolecular Hbond substituents is 1. The number of rotatable bonds is 6. The quantitative estimate of drug-likeness (QED) is 0.484. The lowest BCUT2D eigenvalue weighted by Gasteiger charge is -2.06. The van der Waals surface area contributed by atoms with Gasteiger partial charge >= 0.3 is 0 Å². The Morgan fingerprint density at radius 1 is 1.36 bits per heavy atom. The van der Waals surface area contributed by atoms with Crippen molar-refractivity contribution >= 4 is 23.6 Å². The zero-order chi connectivity index (χ0) is 15.9. The molecule has 0 atom stereocenters. The molecule has 1 aromatic heterocycles. The number of hydrazone groups is 1. The molecule has 22 heavy (non-hydrogen) atoms. The third-order valence-corrected chi connectivity index (χ3v) is 2.86. The largest absolute Gasteiger partial charge is 0.507 e. The SMILES string of the molecule is CCCOc1ccc(/C=N\Nc2cc(Cl)nc(C)n2)c(O)c1. The van der Waals surface area contributed by atoms with E-state index in [0.29, 0.717) is 34.7 Å². The zero-order valence-corrected chi connectivity index (χ0v) is 13.1. The molecule has 2 aromatic rings. The van der Waals surface area contributed by atoms with Crippen molar-refractivity contribution in [2.75, 3.05) is 12.0 Å². The number of hydrogen-bond acceptors (Lipinski definition) is 6. The van der Waals surface area contributed by atoms with Gasteiger partial charge in [0.1, 0.15) is 22.5 Å².